The Morgan fingerprint density at radius 1 is 1.29 bits per heavy atom. The second-order valence-corrected chi connectivity index (χ2v) is 3.10. The van der Waals surface area contributed by atoms with Gasteiger partial charge in [0.15, 0.2) is 5.82 Å². The Balaban J connectivity index is 2.23. The zero-order valence-electron chi connectivity index (χ0n) is 7.91. The first-order chi connectivity index (χ1) is 6.77. The first kappa shape index (κ1) is 8.62. The standard InChI is InChI=1S/C10H12N4/c1-7-9(11)10(14-13-7)12-8-5-3-2-4-6-8/h2-6H,11H2,1H3,(H2,12,13,14). The van der Waals surface area contributed by atoms with E-state index in [1.54, 1.807) is 0 Å². The molecule has 4 nitrogen and oxygen atoms in total. The third-order valence-corrected chi connectivity index (χ3v) is 2.03. The van der Waals surface area contributed by atoms with E-state index in [0.717, 1.165) is 11.4 Å². The minimum absolute atomic E-state index is 0.661. The van der Waals surface area contributed by atoms with E-state index in [-0.39, 0.29) is 0 Å². The summed E-state index contributed by atoms with van der Waals surface area (Å²) in [6, 6.07) is 9.80. The summed E-state index contributed by atoms with van der Waals surface area (Å²) in [5.41, 5.74) is 8.31. The van der Waals surface area contributed by atoms with Gasteiger partial charge in [0.05, 0.1) is 11.4 Å². The molecule has 0 aliphatic rings. The number of hydrogen-bond donors (Lipinski definition) is 3. The smallest absolute Gasteiger partial charge is 0.175 e. The van der Waals surface area contributed by atoms with Crippen LogP contribution in [0.15, 0.2) is 30.3 Å². The van der Waals surface area contributed by atoms with E-state index in [9.17, 15) is 0 Å². The summed E-state index contributed by atoms with van der Waals surface area (Å²) in [6.07, 6.45) is 0. The number of aromatic amines is 1. The Morgan fingerprint density at radius 2 is 2.00 bits per heavy atom. The van der Waals surface area contributed by atoms with Crippen LogP contribution in [0, 0.1) is 6.92 Å². The average Bonchev–Trinajstić information content (AvgIpc) is 2.52. The minimum Gasteiger partial charge on any atom is -0.394 e. The molecular formula is C10H12N4. The highest BCUT2D eigenvalue weighted by atomic mass is 15.2. The average molecular weight is 188 g/mol. The molecule has 0 radical (unpaired) electrons. The fourth-order valence-electron chi connectivity index (χ4n) is 1.19. The number of rotatable bonds is 2. The van der Waals surface area contributed by atoms with E-state index in [1.807, 2.05) is 37.3 Å². The first-order valence-corrected chi connectivity index (χ1v) is 4.40. The number of aromatic nitrogens is 2. The molecule has 0 amide bonds. The van der Waals surface area contributed by atoms with Gasteiger partial charge in [-0.1, -0.05) is 18.2 Å². The summed E-state index contributed by atoms with van der Waals surface area (Å²) in [5.74, 6) is 0.675. The number of nitrogen functional groups attached to an aromatic ring is 1. The second kappa shape index (κ2) is 3.41. The molecule has 1 heterocycles. The number of nitrogens with one attached hydrogen (secondary N) is 2. The molecule has 14 heavy (non-hydrogen) atoms. The van der Waals surface area contributed by atoms with Crippen LogP contribution >= 0.6 is 0 Å². The van der Waals surface area contributed by atoms with Crippen LogP contribution in [0.5, 0.6) is 0 Å². The van der Waals surface area contributed by atoms with E-state index in [2.05, 4.69) is 15.5 Å². The van der Waals surface area contributed by atoms with Gasteiger partial charge in [0.25, 0.3) is 0 Å². The van der Waals surface area contributed by atoms with Crippen LogP contribution in [-0.4, -0.2) is 10.2 Å². The van der Waals surface area contributed by atoms with Gasteiger partial charge >= 0.3 is 0 Å². The van der Waals surface area contributed by atoms with Crippen molar-refractivity contribution in [3.8, 4) is 0 Å². The number of H-pyrrole nitrogens is 1. The van der Waals surface area contributed by atoms with Gasteiger partial charge in [0, 0.05) is 5.69 Å². The van der Waals surface area contributed by atoms with Gasteiger partial charge in [-0.15, -0.1) is 0 Å². The number of nitrogens with two attached hydrogens (primary N) is 1. The first-order valence-electron chi connectivity index (χ1n) is 4.40. The number of nitrogens with zero attached hydrogens (tertiary/aromatic N) is 1. The van der Waals surface area contributed by atoms with E-state index >= 15 is 0 Å². The summed E-state index contributed by atoms with van der Waals surface area (Å²) in [7, 11) is 0. The van der Waals surface area contributed by atoms with E-state index in [4.69, 9.17) is 5.73 Å². The fraction of sp³-hybridized carbons (Fsp3) is 0.100. The topological polar surface area (TPSA) is 66.7 Å². The third kappa shape index (κ3) is 1.54. The monoisotopic (exact) mass is 188 g/mol. The minimum atomic E-state index is 0.661. The highest BCUT2D eigenvalue weighted by molar-refractivity contribution is 5.70. The number of benzene rings is 1. The van der Waals surface area contributed by atoms with Crippen LogP contribution in [0.1, 0.15) is 5.69 Å². The van der Waals surface area contributed by atoms with Gasteiger partial charge in [0.2, 0.25) is 0 Å². The summed E-state index contributed by atoms with van der Waals surface area (Å²) < 4.78 is 0. The van der Waals surface area contributed by atoms with Crippen molar-refractivity contribution >= 4 is 17.2 Å². The SMILES string of the molecule is Cc1[nH]nc(Nc2ccccc2)c1N. The fourth-order valence-corrected chi connectivity index (χ4v) is 1.19. The molecule has 0 spiro atoms. The number of hydrogen-bond acceptors (Lipinski definition) is 3. The van der Waals surface area contributed by atoms with Crippen LogP contribution in [0.25, 0.3) is 0 Å². The molecule has 0 unspecified atom stereocenters. The van der Waals surface area contributed by atoms with Crippen LogP contribution in [-0.2, 0) is 0 Å². The molecule has 0 fully saturated rings. The lowest BCUT2D eigenvalue weighted by molar-refractivity contribution is 1.05. The van der Waals surface area contributed by atoms with Crippen molar-refractivity contribution in [3.05, 3.63) is 36.0 Å². The molecule has 1 aromatic carbocycles. The second-order valence-electron chi connectivity index (χ2n) is 3.10. The van der Waals surface area contributed by atoms with Crippen LogP contribution < -0.4 is 11.1 Å². The van der Waals surface area contributed by atoms with E-state index in [0.29, 0.717) is 11.5 Å². The maximum absolute atomic E-state index is 5.79. The van der Waals surface area contributed by atoms with Crippen molar-refractivity contribution in [2.24, 2.45) is 0 Å². The summed E-state index contributed by atoms with van der Waals surface area (Å²) in [6.45, 7) is 1.89. The molecule has 0 saturated heterocycles. The van der Waals surface area contributed by atoms with Gasteiger partial charge in [-0.2, -0.15) is 5.10 Å². The molecule has 2 aromatic rings. The molecule has 2 rings (SSSR count). The Hall–Kier alpha value is -1.97. The Morgan fingerprint density at radius 3 is 2.57 bits per heavy atom. The van der Waals surface area contributed by atoms with Crippen molar-refractivity contribution in [2.45, 2.75) is 6.92 Å². The molecule has 0 saturated carbocycles. The maximum Gasteiger partial charge on any atom is 0.175 e. The number of para-hydroxylation sites is 1. The molecule has 4 heteroatoms. The van der Waals surface area contributed by atoms with Gasteiger partial charge < -0.3 is 11.1 Å². The molecule has 0 atom stereocenters. The highest BCUT2D eigenvalue weighted by Crippen LogP contribution is 2.22. The molecule has 1 aromatic heterocycles. The van der Waals surface area contributed by atoms with Crippen molar-refractivity contribution < 1.29 is 0 Å². The van der Waals surface area contributed by atoms with Crippen molar-refractivity contribution in [3.63, 3.8) is 0 Å². The summed E-state index contributed by atoms with van der Waals surface area (Å²) >= 11 is 0. The van der Waals surface area contributed by atoms with Gasteiger partial charge in [-0.3, -0.25) is 5.10 Å². The Kier molecular flexibility index (Phi) is 2.10. The van der Waals surface area contributed by atoms with Crippen LogP contribution in [0.3, 0.4) is 0 Å². The summed E-state index contributed by atoms with van der Waals surface area (Å²) in [5, 5.41) is 9.99. The predicted molar refractivity (Wildman–Crippen MR) is 57.5 cm³/mol. The highest BCUT2D eigenvalue weighted by Gasteiger charge is 2.05. The van der Waals surface area contributed by atoms with Gasteiger partial charge in [-0.25, -0.2) is 0 Å². The van der Waals surface area contributed by atoms with Crippen LogP contribution in [0.2, 0.25) is 0 Å². The molecule has 4 N–H and O–H groups in total. The van der Waals surface area contributed by atoms with Crippen LogP contribution in [0.4, 0.5) is 17.2 Å². The number of anilines is 3. The molecule has 0 bridgehead atoms. The lowest BCUT2D eigenvalue weighted by Gasteiger charge is -2.02. The molecule has 0 aliphatic heterocycles. The van der Waals surface area contributed by atoms with E-state index < -0.39 is 0 Å². The lowest BCUT2D eigenvalue weighted by atomic mass is 10.3. The zero-order valence-corrected chi connectivity index (χ0v) is 7.91. The van der Waals surface area contributed by atoms with Gasteiger partial charge in [0.1, 0.15) is 0 Å². The Labute approximate surface area is 82.1 Å². The molecule has 72 valence electrons. The predicted octanol–water partition coefficient (Wildman–Crippen LogP) is 2.04. The largest absolute Gasteiger partial charge is 0.394 e. The maximum atomic E-state index is 5.79. The lowest BCUT2D eigenvalue weighted by Crippen LogP contribution is -1.94. The van der Waals surface area contributed by atoms with Crippen molar-refractivity contribution in [1.29, 1.82) is 0 Å². The Bertz CT molecular complexity index is 419. The summed E-state index contributed by atoms with van der Waals surface area (Å²) in [4.78, 5) is 0. The van der Waals surface area contributed by atoms with Crippen molar-refractivity contribution in [1.82, 2.24) is 10.2 Å². The normalized spacial score (nSPS) is 10.1. The number of aryl methyl sites for hydroxylation is 1. The third-order valence-electron chi connectivity index (χ3n) is 2.03. The van der Waals surface area contributed by atoms with Crippen molar-refractivity contribution in [2.75, 3.05) is 11.1 Å². The molecule has 0 aliphatic carbocycles. The zero-order chi connectivity index (χ0) is 9.97. The van der Waals surface area contributed by atoms with Gasteiger partial charge in [-0.05, 0) is 19.1 Å². The quantitative estimate of drug-likeness (QED) is 0.675. The van der Waals surface area contributed by atoms with E-state index in [1.165, 1.54) is 0 Å². The molecular weight excluding hydrogens is 176 g/mol.